The number of aliphatic hydroxyl groups excluding tert-OH is 1. The molecule has 1 unspecified atom stereocenters. The Labute approximate surface area is 148 Å². The molecule has 1 atom stereocenters. The van der Waals surface area contributed by atoms with E-state index in [9.17, 15) is 9.50 Å². The summed E-state index contributed by atoms with van der Waals surface area (Å²) in [6.07, 6.45) is 4.08. The molecule has 0 aliphatic heterocycles. The second kappa shape index (κ2) is 9.32. The van der Waals surface area contributed by atoms with Crippen molar-refractivity contribution in [2.45, 2.75) is 52.0 Å². The summed E-state index contributed by atoms with van der Waals surface area (Å²) >= 11 is 0. The molecule has 0 aliphatic rings. The van der Waals surface area contributed by atoms with Gasteiger partial charge in [-0.05, 0) is 31.4 Å². The van der Waals surface area contributed by atoms with Gasteiger partial charge in [-0.1, -0.05) is 38.0 Å². The van der Waals surface area contributed by atoms with Gasteiger partial charge in [0.05, 0.1) is 0 Å². The highest BCUT2D eigenvalue weighted by Gasteiger charge is 2.16. The number of rotatable bonds is 9. The van der Waals surface area contributed by atoms with Crippen LogP contribution in [0, 0.1) is 12.7 Å². The molecule has 0 bridgehead atoms. The normalized spacial score (nSPS) is 12.2. The van der Waals surface area contributed by atoms with E-state index >= 15 is 0 Å². The fraction of sp³-hybridized carbons (Fsp3) is 0.474. The van der Waals surface area contributed by atoms with E-state index in [1.54, 1.807) is 12.1 Å². The van der Waals surface area contributed by atoms with Crippen LogP contribution in [-0.4, -0.2) is 27.7 Å². The van der Waals surface area contributed by atoms with Gasteiger partial charge in [-0.15, -0.1) is 0 Å². The maximum atomic E-state index is 14.0. The molecule has 1 aromatic carbocycles. The topological polar surface area (TPSA) is 84.1 Å². The van der Waals surface area contributed by atoms with Crippen LogP contribution in [0.2, 0.25) is 0 Å². The molecule has 0 spiro atoms. The van der Waals surface area contributed by atoms with E-state index in [-0.39, 0.29) is 24.4 Å². The Balaban J connectivity index is 2.31. The zero-order chi connectivity index (χ0) is 18.2. The molecule has 5 nitrogen and oxygen atoms in total. The van der Waals surface area contributed by atoms with Crippen LogP contribution in [0.3, 0.4) is 0 Å². The van der Waals surface area contributed by atoms with Crippen LogP contribution in [-0.2, 0) is 6.42 Å². The SMILES string of the molecule is CCCCC(CCO)Nc1nc(N)nc(C)c1Cc1ccccc1F. The van der Waals surface area contributed by atoms with Crippen molar-refractivity contribution in [1.82, 2.24) is 9.97 Å². The van der Waals surface area contributed by atoms with E-state index in [1.807, 2.05) is 13.0 Å². The molecule has 6 heteroatoms. The van der Waals surface area contributed by atoms with Crippen LogP contribution in [0.15, 0.2) is 24.3 Å². The van der Waals surface area contributed by atoms with Gasteiger partial charge in [-0.2, -0.15) is 4.98 Å². The lowest BCUT2D eigenvalue weighted by Gasteiger charge is -2.21. The molecule has 0 saturated carbocycles. The minimum atomic E-state index is -0.248. The van der Waals surface area contributed by atoms with Gasteiger partial charge >= 0.3 is 0 Å². The first kappa shape index (κ1) is 19.1. The van der Waals surface area contributed by atoms with Crippen molar-refractivity contribution < 1.29 is 9.50 Å². The van der Waals surface area contributed by atoms with Crippen LogP contribution in [0.25, 0.3) is 0 Å². The zero-order valence-corrected chi connectivity index (χ0v) is 14.9. The van der Waals surface area contributed by atoms with Crippen molar-refractivity contribution >= 4 is 11.8 Å². The van der Waals surface area contributed by atoms with Gasteiger partial charge in [0.1, 0.15) is 11.6 Å². The summed E-state index contributed by atoms with van der Waals surface area (Å²) < 4.78 is 14.0. The molecular weight excluding hydrogens is 319 g/mol. The van der Waals surface area contributed by atoms with Gasteiger partial charge in [0, 0.05) is 30.3 Å². The van der Waals surface area contributed by atoms with Crippen LogP contribution < -0.4 is 11.1 Å². The number of nitrogens with zero attached hydrogens (tertiary/aromatic N) is 2. The molecule has 2 rings (SSSR count). The van der Waals surface area contributed by atoms with Gasteiger partial charge in [-0.25, -0.2) is 9.37 Å². The largest absolute Gasteiger partial charge is 0.396 e. The molecule has 0 amide bonds. The molecule has 0 radical (unpaired) electrons. The molecule has 4 N–H and O–H groups in total. The van der Waals surface area contributed by atoms with Crippen molar-refractivity contribution in [3.05, 3.63) is 46.9 Å². The van der Waals surface area contributed by atoms with E-state index < -0.39 is 0 Å². The molecule has 2 aromatic rings. The number of aromatic nitrogens is 2. The summed E-state index contributed by atoms with van der Waals surface area (Å²) in [5.41, 5.74) is 7.97. The average molecular weight is 346 g/mol. The number of hydrogen-bond acceptors (Lipinski definition) is 5. The summed E-state index contributed by atoms with van der Waals surface area (Å²) in [6.45, 7) is 4.09. The van der Waals surface area contributed by atoms with E-state index in [1.165, 1.54) is 6.07 Å². The lowest BCUT2D eigenvalue weighted by Crippen LogP contribution is -2.23. The standard InChI is InChI=1S/C19H27FN4O/c1-3-4-8-15(10-11-25)23-18-16(13(2)22-19(21)24-18)12-14-7-5-6-9-17(14)20/h5-7,9,15,25H,3-4,8,10-12H2,1-2H3,(H3,21,22,23,24). The van der Waals surface area contributed by atoms with Crippen molar-refractivity contribution in [2.24, 2.45) is 0 Å². The lowest BCUT2D eigenvalue weighted by atomic mass is 10.0. The van der Waals surface area contributed by atoms with E-state index in [4.69, 9.17) is 5.73 Å². The molecule has 136 valence electrons. The summed E-state index contributed by atoms with van der Waals surface area (Å²) in [6, 6.07) is 6.79. The van der Waals surface area contributed by atoms with Gasteiger partial charge in [0.15, 0.2) is 0 Å². The number of nitrogen functional groups attached to an aromatic ring is 1. The quantitative estimate of drug-likeness (QED) is 0.648. The predicted molar refractivity (Wildman–Crippen MR) is 99.0 cm³/mol. The monoisotopic (exact) mass is 346 g/mol. The maximum Gasteiger partial charge on any atom is 0.222 e. The second-order valence-corrected chi connectivity index (χ2v) is 6.26. The fourth-order valence-corrected chi connectivity index (χ4v) is 2.87. The van der Waals surface area contributed by atoms with Crippen molar-refractivity contribution in [3.8, 4) is 0 Å². The number of anilines is 2. The highest BCUT2D eigenvalue weighted by atomic mass is 19.1. The molecule has 1 aromatic heterocycles. The molecule has 0 fully saturated rings. The number of nitrogens with one attached hydrogen (secondary N) is 1. The first-order valence-corrected chi connectivity index (χ1v) is 8.79. The molecule has 25 heavy (non-hydrogen) atoms. The third-order valence-corrected chi connectivity index (χ3v) is 4.28. The van der Waals surface area contributed by atoms with Crippen LogP contribution in [0.4, 0.5) is 16.2 Å². The van der Waals surface area contributed by atoms with Crippen LogP contribution in [0.5, 0.6) is 0 Å². The number of aryl methyl sites for hydroxylation is 1. The van der Waals surface area contributed by atoms with Crippen LogP contribution in [0.1, 0.15) is 49.4 Å². The summed E-state index contributed by atoms with van der Waals surface area (Å²) in [5.74, 6) is 0.570. The molecule has 0 saturated heterocycles. The fourth-order valence-electron chi connectivity index (χ4n) is 2.87. The highest BCUT2D eigenvalue weighted by molar-refractivity contribution is 5.52. The molecular formula is C19H27FN4O. The van der Waals surface area contributed by atoms with Gasteiger partial charge in [0.25, 0.3) is 0 Å². The van der Waals surface area contributed by atoms with Gasteiger partial charge in [-0.3, -0.25) is 0 Å². The van der Waals surface area contributed by atoms with E-state index in [2.05, 4.69) is 22.2 Å². The minimum Gasteiger partial charge on any atom is -0.396 e. The van der Waals surface area contributed by atoms with Crippen LogP contribution >= 0.6 is 0 Å². The number of nitrogens with two attached hydrogens (primary N) is 1. The minimum absolute atomic E-state index is 0.0954. The van der Waals surface area contributed by atoms with Gasteiger partial charge in [0.2, 0.25) is 5.95 Å². The number of benzene rings is 1. The number of halogens is 1. The lowest BCUT2D eigenvalue weighted by molar-refractivity contribution is 0.276. The zero-order valence-electron chi connectivity index (χ0n) is 14.9. The molecule has 1 heterocycles. The Morgan fingerprint density at radius 2 is 2.00 bits per heavy atom. The predicted octanol–water partition coefficient (Wildman–Crippen LogP) is 3.45. The Morgan fingerprint density at radius 1 is 1.24 bits per heavy atom. The number of unbranched alkanes of at least 4 members (excludes halogenated alkanes) is 1. The van der Waals surface area contributed by atoms with Crippen molar-refractivity contribution in [1.29, 1.82) is 0 Å². The van der Waals surface area contributed by atoms with Crippen molar-refractivity contribution in [2.75, 3.05) is 17.7 Å². The second-order valence-electron chi connectivity index (χ2n) is 6.26. The first-order valence-electron chi connectivity index (χ1n) is 8.79. The Bertz CT molecular complexity index is 693. The Hall–Kier alpha value is -2.21. The van der Waals surface area contributed by atoms with E-state index in [0.29, 0.717) is 24.2 Å². The molecule has 0 aliphatic carbocycles. The summed E-state index contributed by atoms with van der Waals surface area (Å²) in [5, 5.41) is 12.7. The third-order valence-electron chi connectivity index (χ3n) is 4.28. The number of hydrogen-bond donors (Lipinski definition) is 3. The highest BCUT2D eigenvalue weighted by Crippen LogP contribution is 2.24. The number of aliphatic hydroxyl groups is 1. The summed E-state index contributed by atoms with van der Waals surface area (Å²) in [7, 11) is 0. The third kappa shape index (κ3) is 5.39. The van der Waals surface area contributed by atoms with Crippen molar-refractivity contribution in [3.63, 3.8) is 0 Å². The summed E-state index contributed by atoms with van der Waals surface area (Å²) in [4.78, 5) is 8.57. The Kier molecular flexibility index (Phi) is 7.13. The Morgan fingerprint density at radius 3 is 2.68 bits per heavy atom. The smallest absolute Gasteiger partial charge is 0.222 e. The maximum absolute atomic E-state index is 14.0. The first-order chi connectivity index (χ1) is 12.0. The van der Waals surface area contributed by atoms with Gasteiger partial charge < -0.3 is 16.2 Å². The average Bonchev–Trinajstić information content (AvgIpc) is 2.57. The van der Waals surface area contributed by atoms with E-state index in [0.717, 1.165) is 30.5 Å².